The number of hydrogen-bond donors (Lipinski definition) is 0. The lowest BCUT2D eigenvalue weighted by Gasteiger charge is -2.34. The quantitative estimate of drug-likeness (QED) is 0.159. The molecule has 0 radical (unpaired) electrons. The summed E-state index contributed by atoms with van der Waals surface area (Å²) in [6.07, 6.45) is -11.5. The van der Waals surface area contributed by atoms with Gasteiger partial charge in [-0.3, -0.25) is 0 Å². The van der Waals surface area contributed by atoms with Crippen molar-refractivity contribution in [2.45, 2.75) is 44.1 Å². The molecule has 0 aliphatic rings. The summed E-state index contributed by atoms with van der Waals surface area (Å²) in [5.74, 6) is -14.8. The van der Waals surface area contributed by atoms with Crippen LogP contribution in [0.15, 0.2) is 99.6 Å². The Hall–Kier alpha value is -2.92. The van der Waals surface area contributed by atoms with E-state index in [1.165, 1.54) is 0 Å². The molecule has 0 aromatic heterocycles. The van der Waals surface area contributed by atoms with Crippen LogP contribution in [0, 0.1) is 0 Å². The highest BCUT2D eigenvalue weighted by Gasteiger charge is 2.83. The Labute approximate surface area is 221 Å². The molecule has 0 spiro atoms. The molecule has 0 fully saturated rings. The Kier molecular flexibility index (Phi) is 9.59. The Morgan fingerprint density at radius 2 is 0.875 bits per heavy atom. The standard InChI is InChI=1S/C19H14F3S.C4HF9O3S/c20-19(21,22)15-11-13-18(14-12-15)23(16-7-3-1-4-8-16)17-9-5-2-6-10-17;5-1(6,3(9,10)11)2(7,8)4(12,13)17(14,15)16/h1-14H;(H,14,15,16)/q+1;/p-1. The summed E-state index contributed by atoms with van der Waals surface area (Å²) in [5.41, 5.74) is -0.620. The monoisotopic (exact) mass is 630 g/mol. The Morgan fingerprint density at radius 1 is 0.525 bits per heavy atom. The van der Waals surface area contributed by atoms with Crippen LogP contribution in [0.3, 0.4) is 0 Å². The maximum atomic E-state index is 12.8. The molecule has 0 saturated heterocycles. The summed E-state index contributed by atoms with van der Waals surface area (Å²) in [7, 11) is -7.83. The fourth-order valence-electron chi connectivity index (χ4n) is 2.82. The van der Waals surface area contributed by atoms with Gasteiger partial charge in [-0.05, 0) is 48.5 Å². The second-order valence-electron chi connectivity index (χ2n) is 7.57. The molecule has 3 nitrogen and oxygen atoms in total. The van der Waals surface area contributed by atoms with Crippen LogP contribution in [0.2, 0.25) is 0 Å². The predicted molar refractivity (Wildman–Crippen MR) is 117 cm³/mol. The first-order chi connectivity index (χ1) is 18.1. The van der Waals surface area contributed by atoms with Gasteiger partial charge >= 0.3 is 29.5 Å². The van der Waals surface area contributed by atoms with E-state index < -0.39 is 56.0 Å². The van der Waals surface area contributed by atoms with E-state index in [2.05, 4.69) is 0 Å². The third-order valence-electron chi connectivity index (χ3n) is 4.81. The van der Waals surface area contributed by atoms with Crippen LogP contribution in [0.4, 0.5) is 52.7 Å². The molecule has 0 atom stereocenters. The zero-order valence-electron chi connectivity index (χ0n) is 19.2. The summed E-state index contributed by atoms with van der Waals surface area (Å²) < 4.78 is 174. The van der Waals surface area contributed by atoms with Crippen molar-refractivity contribution >= 4 is 21.0 Å². The Balaban J connectivity index is 0.000000296. The molecule has 0 N–H and O–H groups in total. The molecule has 220 valence electrons. The minimum atomic E-state index is -7.43. The van der Waals surface area contributed by atoms with Gasteiger partial charge < -0.3 is 4.55 Å². The summed E-state index contributed by atoms with van der Waals surface area (Å²) in [6.45, 7) is 0. The van der Waals surface area contributed by atoms with E-state index in [1.54, 1.807) is 12.1 Å². The van der Waals surface area contributed by atoms with Gasteiger partial charge in [0.05, 0.1) is 16.5 Å². The molecule has 0 saturated carbocycles. The largest absolute Gasteiger partial charge is 0.743 e. The first kappa shape index (κ1) is 33.3. The fourth-order valence-corrected chi connectivity index (χ4v) is 5.34. The highest BCUT2D eigenvalue weighted by molar-refractivity contribution is 7.97. The van der Waals surface area contributed by atoms with Gasteiger partial charge in [0.2, 0.25) is 0 Å². The number of rotatable bonds is 6. The Morgan fingerprint density at radius 3 is 1.18 bits per heavy atom. The number of halogens is 12. The first-order valence-corrected chi connectivity index (χ1v) is 12.9. The number of alkyl halides is 12. The van der Waals surface area contributed by atoms with E-state index in [4.69, 9.17) is 0 Å². The summed E-state index contributed by atoms with van der Waals surface area (Å²) in [6, 6.07) is 25.1. The van der Waals surface area contributed by atoms with E-state index >= 15 is 0 Å². The van der Waals surface area contributed by atoms with Gasteiger partial charge in [0.1, 0.15) is 0 Å². The topological polar surface area (TPSA) is 57.2 Å². The smallest absolute Gasteiger partial charge is 0.460 e. The lowest BCUT2D eigenvalue weighted by Crippen LogP contribution is -2.63. The van der Waals surface area contributed by atoms with E-state index in [0.717, 1.165) is 26.8 Å². The van der Waals surface area contributed by atoms with Gasteiger partial charge in [0.25, 0.3) is 0 Å². The molecule has 3 aromatic carbocycles. The molecule has 0 bridgehead atoms. The van der Waals surface area contributed by atoms with Crippen molar-refractivity contribution in [2.24, 2.45) is 0 Å². The predicted octanol–water partition coefficient (Wildman–Crippen LogP) is 7.76. The molecule has 0 aliphatic carbocycles. The molecule has 3 aromatic rings. The normalized spacial score (nSPS) is 13.6. The molecule has 17 heteroatoms. The Bertz CT molecular complexity index is 1320. The maximum absolute atomic E-state index is 12.8. The number of hydrogen-bond acceptors (Lipinski definition) is 3. The van der Waals surface area contributed by atoms with Gasteiger partial charge in [-0.1, -0.05) is 36.4 Å². The maximum Gasteiger partial charge on any atom is 0.460 e. The molecule has 40 heavy (non-hydrogen) atoms. The molecule has 0 amide bonds. The van der Waals surface area contributed by atoms with E-state index in [9.17, 15) is 65.7 Å². The summed E-state index contributed by atoms with van der Waals surface area (Å²) >= 11 is 0. The zero-order valence-corrected chi connectivity index (χ0v) is 20.8. The van der Waals surface area contributed by atoms with Gasteiger partial charge in [-0.2, -0.15) is 52.7 Å². The fraction of sp³-hybridized carbons (Fsp3) is 0.217. The molecule has 0 heterocycles. The van der Waals surface area contributed by atoms with Crippen LogP contribution in [0.25, 0.3) is 0 Å². The third-order valence-corrected chi connectivity index (χ3v) is 7.92. The highest BCUT2D eigenvalue weighted by atomic mass is 32.2. The average Bonchev–Trinajstić information content (AvgIpc) is 2.84. The van der Waals surface area contributed by atoms with E-state index in [0.29, 0.717) is 0 Å². The van der Waals surface area contributed by atoms with E-state index in [1.807, 2.05) is 60.7 Å². The second kappa shape index (κ2) is 11.5. The zero-order chi connectivity index (χ0) is 30.8. The van der Waals surface area contributed by atoms with Crippen molar-refractivity contribution < 1.29 is 65.7 Å². The summed E-state index contributed by atoms with van der Waals surface area (Å²) in [5, 5.41) is -7.11. The van der Waals surface area contributed by atoms with Crippen LogP contribution in [-0.2, 0) is 27.2 Å². The van der Waals surface area contributed by atoms with Crippen LogP contribution in [-0.4, -0.2) is 36.2 Å². The van der Waals surface area contributed by atoms with Crippen molar-refractivity contribution in [3.05, 3.63) is 90.5 Å². The third kappa shape index (κ3) is 6.86. The first-order valence-electron chi connectivity index (χ1n) is 10.2. The minimum absolute atomic E-state index is 0.417. The van der Waals surface area contributed by atoms with Crippen molar-refractivity contribution in [3.63, 3.8) is 0 Å². The highest BCUT2D eigenvalue weighted by Crippen LogP contribution is 2.54. The SMILES string of the molecule is FC(F)(F)c1ccc([S+](c2ccccc2)c2ccccc2)cc1.O=S(=O)([O-])C(F)(F)C(F)(F)C(F)(F)C(F)(F)F. The second-order valence-corrected chi connectivity index (χ2v) is 11.0. The van der Waals surface area contributed by atoms with Crippen LogP contribution in [0.1, 0.15) is 5.56 Å². The van der Waals surface area contributed by atoms with Crippen LogP contribution in [0.5, 0.6) is 0 Å². The molecule has 3 rings (SSSR count). The molecular weight excluding hydrogens is 616 g/mol. The van der Waals surface area contributed by atoms with Gasteiger partial charge in [0, 0.05) is 0 Å². The van der Waals surface area contributed by atoms with Crippen LogP contribution < -0.4 is 0 Å². The lowest BCUT2D eigenvalue weighted by atomic mass is 10.1. The van der Waals surface area contributed by atoms with Gasteiger partial charge in [-0.25, -0.2) is 8.42 Å². The molecule has 0 aliphatic heterocycles. The van der Waals surface area contributed by atoms with Crippen molar-refractivity contribution in [3.8, 4) is 0 Å². The van der Waals surface area contributed by atoms with Crippen molar-refractivity contribution in [1.82, 2.24) is 0 Å². The van der Waals surface area contributed by atoms with Crippen molar-refractivity contribution in [2.75, 3.05) is 0 Å². The van der Waals surface area contributed by atoms with E-state index in [-0.39, 0.29) is 0 Å². The van der Waals surface area contributed by atoms with Gasteiger partial charge in [0.15, 0.2) is 24.8 Å². The minimum Gasteiger partial charge on any atom is -0.743 e. The summed E-state index contributed by atoms with van der Waals surface area (Å²) in [4.78, 5) is 3.03. The lowest BCUT2D eigenvalue weighted by molar-refractivity contribution is -0.382. The van der Waals surface area contributed by atoms with Crippen LogP contribution >= 0.6 is 0 Å². The average molecular weight is 630 g/mol. The molecular formula is C23H14F12O3S2. The van der Waals surface area contributed by atoms with Gasteiger partial charge in [-0.15, -0.1) is 0 Å². The molecule has 0 unspecified atom stereocenters. The number of benzene rings is 3. The van der Waals surface area contributed by atoms with Crippen molar-refractivity contribution in [1.29, 1.82) is 0 Å².